The van der Waals surface area contributed by atoms with E-state index in [2.05, 4.69) is 13.6 Å². The van der Waals surface area contributed by atoms with Crippen molar-refractivity contribution in [1.29, 1.82) is 0 Å². The summed E-state index contributed by atoms with van der Waals surface area (Å²) in [6.07, 6.45) is 1.39. The normalized spacial score (nSPS) is 6.80. The summed E-state index contributed by atoms with van der Waals surface area (Å²) < 4.78 is 0. The lowest BCUT2D eigenvalue weighted by atomic mass is 9.58. The fourth-order valence-corrected chi connectivity index (χ4v) is 0.354. The van der Waals surface area contributed by atoms with E-state index < -0.39 is 0 Å². The molecular formula is C3H10B2. The van der Waals surface area contributed by atoms with E-state index in [0.29, 0.717) is 0 Å². The van der Waals surface area contributed by atoms with E-state index >= 15 is 0 Å². The fourth-order valence-electron chi connectivity index (χ4n) is 0.354. The second kappa shape index (κ2) is 4.13. The third kappa shape index (κ3) is 4.13. The second-order valence-corrected chi connectivity index (χ2v) is 1.35. The lowest BCUT2D eigenvalue weighted by Crippen LogP contribution is -1.84. The van der Waals surface area contributed by atoms with Gasteiger partial charge in [-0.15, -0.1) is 6.22 Å². The van der Waals surface area contributed by atoms with Gasteiger partial charge in [0, 0.05) is 0 Å². The van der Waals surface area contributed by atoms with Gasteiger partial charge in [0.25, 0.3) is 0 Å². The summed E-state index contributed by atoms with van der Waals surface area (Å²) in [7, 11) is 2.69. The van der Waals surface area contributed by atoms with Crippen LogP contribution in [0.2, 0.25) is 19.9 Å². The fraction of sp³-hybridized carbons (Fsp3) is 1.00. The molecule has 0 atom stereocenters. The van der Waals surface area contributed by atoms with E-state index in [0.717, 1.165) is 0 Å². The Morgan fingerprint density at radius 1 is 1.20 bits per heavy atom. The monoisotopic (exact) mass is 68.1 g/mol. The second-order valence-electron chi connectivity index (χ2n) is 1.35. The molecule has 0 radical (unpaired) electrons. The van der Waals surface area contributed by atoms with E-state index in [1.807, 2.05) is 0 Å². The lowest BCUT2D eigenvalue weighted by molar-refractivity contribution is 1.91. The van der Waals surface area contributed by atoms with Crippen LogP contribution in [0.15, 0.2) is 0 Å². The van der Waals surface area contributed by atoms with Gasteiger partial charge in [0.15, 0.2) is 0 Å². The molecule has 0 N–H and O–H groups in total. The van der Waals surface area contributed by atoms with Gasteiger partial charge in [0.05, 0.1) is 0 Å². The highest BCUT2D eigenvalue weighted by atomic mass is 13.2. The largest absolute Gasteiger partial charge is 0.109 e. The summed E-state index contributed by atoms with van der Waals surface area (Å²) >= 11 is 0. The third-order valence-corrected chi connectivity index (χ3v) is 0.707. The van der Waals surface area contributed by atoms with Crippen molar-refractivity contribution >= 4 is 14.6 Å². The molecule has 0 aliphatic rings. The van der Waals surface area contributed by atoms with Crippen LogP contribution in [0.1, 0.15) is 0 Å². The van der Waals surface area contributed by atoms with Crippen molar-refractivity contribution in [2.24, 2.45) is 0 Å². The van der Waals surface area contributed by atoms with Crippen LogP contribution in [0, 0.1) is 0 Å². The van der Waals surface area contributed by atoms with Crippen molar-refractivity contribution in [3.63, 3.8) is 0 Å². The van der Waals surface area contributed by atoms with E-state index in [9.17, 15) is 0 Å². The van der Waals surface area contributed by atoms with Gasteiger partial charge in [-0.3, -0.25) is 0 Å². The molecule has 0 heterocycles. The number of hydrogen-bond donors (Lipinski definition) is 0. The van der Waals surface area contributed by atoms with Gasteiger partial charge in [-0.05, 0) is 0 Å². The Labute approximate surface area is 35.4 Å². The minimum Gasteiger partial charge on any atom is -0.102 e. The van der Waals surface area contributed by atoms with Gasteiger partial charge in [0.2, 0.25) is 0 Å². The Morgan fingerprint density at radius 2 is 1.60 bits per heavy atom. The smallest absolute Gasteiger partial charge is 0.102 e. The molecule has 0 saturated heterocycles. The maximum atomic E-state index is 2.21. The first-order valence-corrected chi connectivity index (χ1v) is 2.41. The van der Waals surface area contributed by atoms with Crippen molar-refractivity contribution in [3.05, 3.63) is 0 Å². The van der Waals surface area contributed by atoms with E-state index in [-0.39, 0.29) is 0 Å². The van der Waals surface area contributed by atoms with Gasteiger partial charge in [-0.25, -0.2) is 0 Å². The molecular weight excluding hydrogens is 57.7 g/mol. The summed E-state index contributed by atoms with van der Waals surface area (Å²) in [6.45, 7) is 4.42. The van der Waals surface area contributed by atoms with Crippen LogP contribution in [-0.4, -0.2) is 14.6 Å². The summed E-state index contributed by atoms with van der Waals surface area (Å²) in [6, 6.07) is 0. The molecule has 0 aliphatic carbocycles. The zero-order valence-corrected chi connectivity index (χ0v) is 4.12. The molecule has 0 fully saturated rings. The highest BCUT2D eigenvalue weighted by Gasteiger charge is 1.74. The Morgan fingerprint density at radius 3 is 1.60 bits per heavy atom. The van der Waals surface area contributed by atoms with Gasteiger partial charge < -0.3 is 0 Å². The summed E-state index contributed by atoms with van der Waals surface area (Å²) in [4.78, 5) is 0. The molecule has 0 spiro atoms. The average molecular weight is 67.7 g/mol. The lowest BCUT2D eigenvalue weighted by Gasteiger charge is -1.73. The van der Waals surface area contributed by atoms with Crippen molar-refractivity contribution in [1.82, 2.24) is 0 Å². The zero-order chi connectivity index (χ0) is 4.12. The Hall–Kier alpha value is 0.130. The molecule has 28 valence electrons. The Balaban J connectivity index is 2.19. The van der Waals surface area contributed by atoms with Crippen molar-refractivity contribution in [3.8, 4) is 0 Å². The maximum Gasteiger partial charge on any atom is 0.109 e. The first kappa shape index (κ1) is 5.13. The molecule has 2 heteroatoms. The number of hydrogen-bond acceptors (Lipinski definition) is 0. The molecule has 0 aromatic rings. The van der Waals surface area contributed by atoms with Crippen LogP contribution in [0.25, 0.3) is 0 Å². The third-order valence-electron chi connectivity index (χ3n) is 0.707. The quantitative estimate of drug-likeness (QED) is 0.409. The summed E-state index contributed by atoms with van der Waals surface area (Å²) in [5.41, 5.74) is 0. The highest BCUT2D eigenvalue weighted by molar-refractivity contribution is 6.54. The molecule has 0 unspecified atom stereocenters. The maximum absolute atomic E-state index is 2.21. The van der Waals surface area contributed by atoms with E-state index in [1.54, 1.807) is 0 Å². The van der Waals surface area contributed by atoms with Gasteiger partial charge in [-0.2, -0.15) is 0 Å². The van der Waals surface area contributed by atoms with Gasteiger partial charge >= 0.3 is 0 Å². The predicted molar refractivity (Wildman–Crippen MR) is 30.8 cm³/mol. The molecule has 0 rings (SSSR count). The number of rotatable bonds is 2. The molecule has 0 aliphatic heterocycles. The average Bonchev–Trinajstić information content (AvgIpc) is 1.41. The minimum absolute atomic E-state index is 1.34. The van der Waals surface area contributed by atoms with Crippen molar-refractivity contribution in [2.45, 2.75) is 19.9 Å². The molecule has 0 aromatic heterocycles. The Kier molecular flexibility index (Phi) is 4.24. The van der Waals surface area contributed by atoms with E-state index in [1.165, 1.54) is 20.8 Å². The molecule has 0 aromatic carbocycles. The van der Waals surface area contributed by atoms with Crippen LogP contribution >= 0.6 is 0 Å². The minimum atomic E-state index is 1.34. The molecule has 5 heavy (non-hydrogen) atoms. The van der Waals surface area contributed by atoms with Gasteiger partial charge in [0.1, 0.15) is 14.6 Å². The Bertz CT molecular complexity index is 12.4. The topological polar surface area (TPSA) is 0 Å². The van der Waals surface area contributed by atoms with E-state index in [4.69, 9.17) is 0 Å². The SMILES string of the molecule is CBCBC. The summed E-state index contributed by atoms with van der Waals surface area (Å²) in [5, 5.41) is 0. The van der Waals surface area contributed by atoms with Crippen molar-refractivity contribution < 1.29 is 0 Å². The van der Waals surface area contributed by atoms with Crippen LogP contribution in [0.3, 0.4) is 0 Å². The summed E-state index contributed by atoms with van der Waals surface area (Å²) in [5.74, 6) is 0. The molecule has 0 saturated carbocycles. The first-order valence-electron chi connectivity index (χ1n) is 2.41. The molecule has 0 nitrogen and oxygen atoms in total. The zero-order valence-electron chi connectivity index (χ0n) is 4.12. The molecule has 0 amide bonds. The van der Waals surface area contributed by atoms with Crippen LogP contribution in [-0.2, 0) is 0 Å². The van der Waals surface area contributed by atoms with Crippen molar-refractivity contribution in [2.75, 3.05) is 0 Å². The first-order chi connectivity index (χ1) is 2.41. The standard InChI is InChI=1S/C3H10B2/c1-4-3-5-2/h4-5H,3H2,1-2H3. The van der Waals surface area contributed by atoms with Crippen LogP contribution in [0.5, 0.6) is 0 Å². The molecule has 0 bridgehead atoms. The van der Waals surface area contributed by atoms with Crippen LogP contribution < -0.4 is 0 Å². The van der Waals surface area contributed by atoms with Crippen LogP contribution in [0.4, 0.5) is 0 Å². The van der Waals surface area contributed by atoms with Gasteiger partial charge in [-0.1, -0.05) is 13.6 Å². The highest BCUT2D eigenvalue weighted by Crippen LogP contribution is 1.68. The predicted octanol–water partition coefficient (Wildman–Crippen LogP) is 0.331.